The Morgan fingerprint density at radius 2 is 1.52 bits per heavy atom. The van der Waals surface area contributed by atoms with Crippen molar-refractivity contribution in [2.75, 3.05) is 0 Å². The molecule has 2 fully saturated rings. The molecule has 0 heterocycles. The van der Waals surface area contributed by atoms with E-state index in [0.29, 0.717) is 28.1 Å². The molecular weight excluding hydrogens is 382 g/mol. The minimum atomic E-state index is -3.43. The zero-order valence-corrected chi connectivity index (χ0v) is 17.8. The fraction of sp³-hybridized carbons (Fsp3) is 0.458. The van der Waals surface area contributed by atoms with E-state index < -0.39 is 9.84 Å². The maximum Gasteiger partial charge on any atom is 0.254 e. The fourth-order valence-electron chi connectivity index (χ4n) is 4.38. The molecule has 0 bridgehead atoms. The lowest BCUT2D eigenvalue weighted by molar-refractivity contribution is 0.0593. The number of nitrogens with zero attached hydrogens (tertiary/aromatic N) is 1. The van der Waals surface area contributed by atoms with Crippen LogP contribution in [-0.2, 0) is 15.6 Å². The Bertz CT molecular complexity index is 959. The second-order valence-corrected chi connectivity index (χ2v) is 10.6. The van der Waals surface area contributed by atoms with Gasteiger partial charge in [-0.15, -0.1) is 0 Å². The van der Waals surface area contributed by atoms with Gasteiger partial charge in [-0.1, -0.05) is 37.3 Å². The molecular formula is C24H29NO3S. The fourth-order valence-corrected chi connectivity index (χ4v) is 5.73. The molecule has 0 radical (unpaired) electrons. The van der Waals surface area contributed by atoms with Crippen LogP contribution >= 0.6 is 0 Å². The molecule has 4 nitrogen and oxygen atoms in total. The summed E-state index contributed by atoms with van der Waals surface area (Å²) < 4.78 is 25.4. The molecule has 0 aromatic heterocycles. The van der Waals surface area contributed by atoms with Gasteiger partial charge in [-0.2, -0.15) is 0 Å². The minimum Gasteiger partial charge on any atom is -0.333 e. The lowest BCUT2D eigenvalue weighted by Crippen LogP contribution is -2.43. The van der Waals surface area contributed by atoms with Crippen LogP contribution in [0.15, 0.2) is 59.5 Å². The molecule has 0 unspecified atom stereocenters. The van der Waals surface area contributed by atoms with Crippen molar-refractivity contribution < 1.29 is 13.2 Å². The van der Waals surface area contributed by atoms with Gasteiger partial charge < -0.3 is 4.90 Å². The lowest BCUT2D eigenvalue weighted by atomic mass is 9.86. The number of hydrogen-bond donors (Lipinski definition) is 0. The molecule has 0 spiro atoms. The third kappa shape index (κ3) is 4.72. The van der Waals surface area contributed by atoms with Gasteiger partial charge in [0.15, 0.2) is 9.84 Å². The molecule has 2 aromatic carbocycles. The topological polar surface area (TPSA) is 54.5 Å². The second-order valence-electron chi connectivity index (χ2n) is 8.63. The van der Waals surface area contributed by atoms with Crippen LogP contribution in [0.4, 0.5) is 0 Å². The highest BCUT2D eigenvalue weighted by molar-refractivity contribution is 7.90. The smallest absolute Gasteiger partial charge is 0.254 e. The van der Waals surface area contributed by atoms with Crippen molar-refractivity contribution in [3.63, 3.8) is 0 Å². The van der Waals surface area contributed by atoms with Gasteiger partial charge in [0, 0.05) is 17.6 Å². The van der Waals surface area contributed by atoms with Crippen molar-refractivity contribution in [1.29, 1.82) is 0 Å². The standard InChI is InChI=1S/C24H29NO3S/c1-18-10-12-21(13-11-18)25(22-14-15-22)24(26)20-7-5-6-19(16-20)17-29(27,28)23-8-3-2-4-9-23/h2-9,16,18,21-22H,10-15,17H2,1H3. The molecule has 2 aliphatic carbocycles. The van der Waals surface area contributed by atoms with E-state index in [9.17, 15) is 13.2 Å². The normalized spacial score (nSPS) is 22.2. The zero-order chi connectivity index (χ0) is 20.4. The first-order chi connectivity index (χ1) is 13.9. The maximum atomic E-state index is 13.4. The summed E-state index contributed by atoms with van der Waals surface area (Å²) in [7, 11) is -3.43. The Labute approximate surface area is 173 Å². The third-order valence-electron chi connectivity index (χ3n) is 6.19. The summed E-state index contributed by atoms with van der Waals surface area (Å²) >= 11 is 0. The number of sulfone groups is 1. The Morgan fingerprint density at radius 1 is 0.897 bits per heavy atom. The SMILES string of the molecule is CC1CCC(N(C(=O)c2cccc(CS(=O)(=O)c3ccccc3)c2)C2CC2)CC1. The number of hydrogen-bond acceptors (Lipinski definition) is 3. The van der Waals surface area contributed by atoms with Gasteiger partial charge in [0.25, 0.3) is 5.91 Å². The monoisotopic (exact) mass is 411 g/mol. The molecule has 4 rings (SSSR count). The van der Waals surface area contributed by atoms with E-state index in [1.165, 1.54) is 12.8 Å². The molecule has 2 aromatic rings. The predicted molar refractivity (Wildman–Crippen MR) is 114 cm³/mol. The van der Waals surface area contributed by atoms with Gasteiger partial charge in [-0.25, -0.2) is 8.42 Å². The summed E-state index contributed by atoms with van der Waals surface area (Å²) in [6.07, 6.45) is 6.67. The largest absolute Gasteiger partial charge is 0.333 e. The van der Waals surface area contributed by atoms with Crippen LogP contribution < -0.4 is 0 Å². The van der Waals surface area contributed by atoms with Crippen LogP contribution in [0.5, 0.6) is 0 Å². The summed E-state index contributed by atoms with van der Waals surface area (Å²) in [6, 6.07) is 16.4. The average Bonchev–Trinajstić information content (AvgIpc) is 3.55. The molecule has 0 aliphatic heterocycles. The van der Waals surface area contributed by atoms with Crippen LogP contribution in [-0.4, -0.2) is 31.3 Å². The molecule has 29 heavy (non-hydrogen) atoms. The van der Waals surface area contributed by atoms with E-state index in [0.717, 1.165) is 31.6 Å². The highest BCUT2D eigenvalue weighted by Crippen LogP contribution is 2.36. The predicted octanol–water partition coefficient (Wildman–Crippen LogP) is 4.84. The quantitative estimate of drug-likeness (QED) is 0.683. The minimum absolute atomic E-state index is 0.0611. The number of benzene rings is 2. The Balaban J connectivity index is 1.54. The zero-order valence-electron chi connectivity index (χ0n) is 17.0. The number of carbonyl (C=O) groups is 1. The summed E-state index contributed by atoms with van der Waals surface area (Å²) in [5.41, 5.74) is 1.27. The molecule has 2 aliphatic rings. The average molecular weight is 412 g/mol. The highest BCUT2D eigenvalue weighted by atomic mass is 32.2. The molecule has 1 amide bonds. The van der Waals surface area contributed by atoms with Crippen LogP contribution in [0.25, 0.3) is 0 Å². The van der Waals surface area contributed by atoms with Crippen molar-refractivity contribution in [3.05, 3.63) is 65.7 Å². The van der Waals surface area contributed by atoms with Gasteiger partial charge in [0.2, 0.25) is 0 Å². The van der Waals surface area contributed by atoms with Crippen molar-refractivity contribution in [1.82, 2.24) is 4.90 Å². The lowest BCUT2D eigenvalue weighted by Gasteiger charge is -2.36. The molecule has 0 saturated heterocycles. The van der Waals surface area contributed by atoms with Crippen molar-refractivity contribution in [2.24, 2.45) is 5.92 Å². The first-order valence-corrected chi connectivity index (χ1v) is 12.3. The third-order valence-corrected chi connectivity index (χ3v) is 7.89. The van der Waals surface area contributed by atoms with Gasteiger partial charge in [0.05, 0.1) is 10.6 Å². The highest BCUT2D eigenvalue weighted by Gasteiger charge is 2.38. The van der Waals surface area contributed by atoms with Gasteiger partial charge in [-0.05, 0) is 74.3 Å². The Kier molecular flexibility index (Phi) is 5.77. The van der Waals surface area contributed by atoms with Crippen LogP contribution in [0, 0.1) is 5.92 Å². The van der Waals surface area contributed by atoms with Gasteiger partial charge in [-0.3, -0.25) is 4.79 Å². The van der Waals surface area contributed by atoms with E-state index in [4.69, 9.17) is 0 Å². The first kappa shape index (κ1) is 20.1. The van der Waals surface area contributed by atoms with Crippen molar-refractivity contribution >= 4 is 15.7 Å². The van der Waals surface area contributed by atoms with E-state index in [-0.39, 0.29) is 11.7 Å². The van der Waals surface area contributed by atoms with Crippen LogP contribution in [0.1, 0.15) is 61.4 Å². The second kappa shape index (κ2) is 8.31. The molecule has 5 heteroatoms. The van der Waals surface area contributed by atoms with E-state index in [2.05, 4.69) is 11.8 Å². The number of amides is 1. The van der Waals surface area contributed by atoms with E-state index >= 15 is 0 Å². The van der Waals surface area contributed by atoms with Crippen molar-refractivity contribution in [2.45, 2.75) is 68.2 Å². The van der Waals surface area contributed by atoms with E-state index in [1.54, 1.807) is 48.5 Å². The van der Waals surface area contributed by atoms with Gasteiger partial charge >= 0.3 is 0 Å². The van der Waals surface area contributed by atoms with E-state index in [1.807, 2.05) is 6.07 Å². The summed E-state index contributed by atoms with van der Waals surface area (Å²) in [5, 5.41) is 0. The van der Waals surface area contributed by atoms with Crippen LogP contribution in [0.2, 0.25) is 0 Å². The maximum absolute atomic E-state index is 13.4. The first-order valence-electron chi connectivity index (χ1n) is 10.6. The molecule has 0 atom stereocenters. The molecule has 2 saturated carbocycles. The Hall–Kier alpha value is -2.14. The number of rotatable bonds is 6. The van der Waals surface area contributed by atoms with Gasteiger partial charge in [0.1, 0.15) is 0 Å². The summed E-state index contributed by atoms with van der Waals surface area (Å²) in [6.45, 7) is 2.29. The molecule has 0 N–H and O–H groups in total. The number of carbonyl (C=O) groups excluding carboxylic acids is 1. The molecule has 154 valence electrons. The summed E-state index contributed by atoms with van der Waals surface area (Å²) in [4.78, 5) is 15.8. The van der Waals surface area contributed by atoms with Crippen molar-refractivity contribution in [3.8, 4) is 0 Å². The Morgan fingerprint density at radius 3 is 2.14 bits per heavy atom. The summed E-state index contributed by atoms with van der Waals surface area (Å²) in [5.74, 6) is 0.711. The van der Waals surface area contributed by atoms with Crippen LogP contribution in [0.3, 0.4) is 0 Å².